The molecule has 1 aliphatic rings. The average Bonchev–Trinajstić information content (AvgIpc) is 3.10. The van der Waals surface area contributed by atoms with Gasteiger partial charge in [0.15, 0.2) is 0 Å². The highest BCUT2D eigenvalue weighted by Gasteiger charge is 2.21. The molecule has 132 valence electrons. The van der Waals surface area contributed by atoms with E-state index in [9.17, 15) is 0 Å². The highest BCUT2D eigenvalue weighted by Crippen LogP contribution is 2.31. The number of hydrogen-bond acceptors (Lipinski definition) is 3. The van der Waals surface area contributed by atoms with Gasteiger partial charge in [0, 0.05) is 17.3 Å². The van der Waals surface area contributed by atoms with E-state index in [2.05, 4.69) is 63.7 Å². The van der Waals surface area contributed by atoms with Gasteiger partial charge in [-0.3, -0.25) is 0 Å². The first kappa shape index (κ1) is 16.1. The van der Waals surface area contributed by atoms with E-state index in [0.717, 1.165) is 35.2 Å². The number of benzene rings is 3. The highest BCUT2D eigenvalue weighted by molar-refractivity contribution is 6.30. The summed E-state index contributed by atoms with van der Waals surface area (Å²) in [5, 5.41) is 9.19. The second kappa shape index (κ2) is 6.56. The SMILES string of the molecule is Clc1cccc(N2Cc3cc(-c4ccccc4)ccc3-n3nncc3C2)c1. The van der Waals surface area contributed by atoms with Crippen molar-refractivity contribution in [1.29, 1.82) is 0 Å². The van der Waals surface area contributed by atoms with Crippen molar-refractivity contribution in [3.05, 3.63) is 95.3 Å². The standard InChI is InChI=1S/C22H17ClN4/c23-19-7-4-8-20(12-19)26-14-18-11-17(16-5-2-1-3-6-16)9-10-22(18)27-21(15-26)13-24-25-27/h1-13H,14-15H2. The van der Waals surface area contributed by atoms with Crippen molar-refractivity contribution in [2.75, 3.05) is 4.90 Å². The highest BCUT2D eigenvalue weighted by atomic mass is 35.5. The summed E-state index contributed by atoms with van der Waals surface area (Å²) >= 11 is 6.23. The first-order chi connectivity index (χ1) is 13.3. The molecular formula is C22H17ClN4. The zero-order chi connectivity index (χ0) is 18.2. The molecule has 5 rings (SSSR count). The molecule has 1 aliphatic heterocycles. The Hall–Kier alpha value is -3.11. The molecule has 2 heterocycles. The van der Waals surface area contributed by atoms with Crippen molar-refractivity contribution in [2.24, 2.45) is 0 Å². The van der Waals surface area contributed by atoms with Crippen LogP contribution in [-0.2, 0) is 13.1 Å². The maximum Gasteiger partial charge on any atom is 0.0839 e. The van der Waals surface area contributed by atoms with Crippen molar-refractivity contribution in [3.63, 3.8) is 0 Å². The fraction of sp³-hybridized carbons (Fsp3) is 0.0909. The topological polar surface area (TPSA) is 34.0 Å². The molecule has 4 nitrogen and oxygen atoms in total. The Morgan fingerprint density at radius 1 is 0.815 bits per heavy atom. The Balaban J connectivity index is 1.64. The van der Waals surface area contributed by atoms with E-state index in [0.29, 0.717) is 0 Å². The number of anilines is 1. The van der Waals surface area contributed by atoms with Crippen LogP contribution >= 0.6 is 11.6 Å². The minimum Gasteiger partial charge on any atom is -0.361 e. The van der Waals surface area contributed by atoms with Crippen LogP contribution < -0.4 is 4.90 Å². The molecule has 0 amide bonds. The smallest absolute Gasteiger partial charge is 0.0839 e. The third-order valence-corrected chi connectivity index (χ3v) is 5.16. The summed E-state index contributed by atoms with van der Waals surface area (Å²) in [5.41, 5.74) is 6.84. The Morgan fingerprint density at radius 3 is 2.56 bits per heavy atom. The lowest BCUT2D eigenvalue weighted by atomic mass is 10.0. The minimum absolute atomic E-state index is 0.725. The van der Waals surface area contributed by atoms with Crippen LogP contribution in [0, 0.1) is 0 Å². The van der Waals surface area contributed by atoms with Crippen molar-refractivity contribution in [1.82, 2.24) is 15.0 Å². The molecule has 5 heteroatoms. The average molecular weight is 373 g/mol. The van der Waals surface area contributed by atoms with Crippen LogP contribution in [0.1, 0.15) is 11.3 Å². The number of halogens is 1. The largest absolute Gasteiger partial charge is 0.361 e. The molecule has 3 aromatic carbocycles. The maximum atomic E-state index is 6.23. The zero-order valence-corrected chi connectivity index (χ0v) is 15.3. The molecule has 0 aliphatic carbocycles. The molecule has 0 bridgehead atoms. The summed E-state index contributed by atoms with van der Waals surface area (Å²) in [5.74, 6) is 0. The summed E-state index contributed by atoms with van der Waals surface area (Å²) < 4.78 is 1.94. The molecule has 4 aromatic rings. The van der Waals surface area contributed by atoms with Crippen LogP contribution in [0.2, 0.25) is 5.02 Å². The van der Waals surface area contributed by atoms with E-state index >= 15 is 0 Å². The van der Waals surface area contributed by atoms with Gasteiger partial charge in [0.25, 0.3) is 0 Å². The van der Waals surface area contributed by atoms with E-state index in [1.807, 2.05) is 35.1 Å². The van der Waals surface area contributed by atoms with Crippen LogP contribution in [-0.4, -0.2) is 15.0 Å². The van der Waals surface area contributed by atoms with Gasteiger partial charge in [-0.05, 0) is 47.0 Å². The molecule has 27 heavy (non-hydrogen) atoms. The predicted octanol–water partition coefficient (Wildman–Crippen LogP) is 5.11. The first-order valence-corrected chi connectivity index (χ1v) is 9.24. The third kappa shape index (κ3) is 2.98. The second-order valence-electron chi connectivity index (χ2n) is 6.68. The summed E-state index contributed by atoms with van der Waals surface area (Å²) in [6.07, 6.45) is 1.83. The monoisotopic (exact) mass is 372 g/mol. The quantitative estimate of drug-likeness (QED) is 0.490. The Kier molecular flexibility index (Phi) is 3.91. The van der Waals surface area contributed by atoms with E-state index in [1.165, 1.54) is 16.7 Å². The third-order valence-electron chi connectivity index (χ3n) is 4.92. The fourth-order valence-corrected chi connectivity index (χ4v) is 3.79. The van der Waals surface area contributed by atoms with E-state index in [1.54, 1.807) is 0 Å². The molecule has 0 spiro atoms. The lowest BCUT2D eigenvalue weighted by molar-refractivity contribution is 0.754. The van der Waals surface area contributed by atoms with Crippen LogP contribution in [0.25, 0.3) is 16.8 Å². The van der Waals surface area contributed by atoms with Crippen LogP contribution in [0.3, 0.4) is 0 Å². The molecule has 0 atom stereocenters. The van der Waals surface area contributed by atoms with Crippen molar-refractivity contribution >= 4 is 17.3 Å². The number of hydrogen-bond donors (Lipinski definition) is 0. The molecule has 0 N–H and O–H groups in total. The lowest BCUT2D eigenvalue weighted by Gasteiger charge is -2.23. The minimum atomic E-state index is 0.725. The van der Waals surface area contributed by atoms with Gasteiger partial charge in [0.05, 0.1) is 24.1 Å². The maximum absolute atomic E-state index is 6.23. The second-order valence-corrected chi connectivity index (χ2v) is 7.12. The lowest BCUT2D eigenvalue weighted by Crippen LogP contribution is -2.21. The molecule has 0 saturated heterocycles. The van der Waals surface area contributed by atoms with Gasteiger partial charge < -0.3 is 4.90 Å². The number of aromatic nitrogens is 3. The van der Waals surface area contributed by atoms with Gasteiger partial charge >= 0.3 is 0 Å². The molecule has 0 saturated carbocycles. The van der Waals surface area contributed by atoms with Gasteiger partial charge in [-0.2, -0.15) is 0 Å². The Bertz CT molecular complexity index is 1100. The van der Waals surface area contributed by atoms with E-state index < -0.39 is 0 Å². The van der Waals surface area contributed by atoms with Crippen LogP contribution in [0.5, 0.6) is 0 Å². The number of rotatable bonds is 2. The van der Waals surface area contributed by atoms with Crippen LogP contribution in [0.15, 0.2) is 79.0 Å². The van der Waals surface area contributed by atoms with Crippen molar-refractivity contribution in [2.45, 2.75) is 13.1 Å². The summed E-state index contributed by atoms with van der Waals surface area (Å²) in [6.45, 7) is 1.50. The van der Waals surface area contributed by atoms with E-state index in [4.69, 9.17) is 11.6 Å². The van der Waals surface area contributed by atoms with Crippen LogP contribution in [0.4, 0.5) is 5.69 Å². The summed E-state index contributed by atoms with van der Waals surface area (Å²) in [7, 11) is 0. The summed E-state index contributed by atoms with van der Waals surface area (Å²) in [6, 6.07) is 24.9. The zero-order valence-electron chi connectivity index (χ0n) is 14.6. The first-order valence-electron chi connectivity index (χ1n) is 8.87. The molecule has 0 fully saturated rings. The summed E-state index contributed by atoms with van der Waals surface area (Å²) in [4.78, 5) is 2.31. The van der Waals surface area contributed by atoms with Gasteiger partial charge in [0.2, 0.25) is 0 Å². The Morgan fingerprint density at radius 2 is 1.70 bits per heavy atom. The van der Waals surface area contributed by atoms with E-state index in [-0.39, 0.29) is 0 Å². The molecule has 0 unspecified atom stereocenters. The van der Waals surface area contributed by atoms with Crippen molar-refractivity contribution < 1.29 is 0 Å². The van der Waals surface area contributed by atoms with Gasteiger partial charge in [-0.15, -0.1) is 5.10 Å². The number of nitrogens with zero attached hydrogens (tertiary/aromatic N) is 4. The predicted molar refractivity (Wildman–Crippen MR) is 108 cm³/mol. The van der Waals surface area contributed by atoms with Crippen molar-refractivity contribution in [3.8, 4) is 16.8 Å². The van der Waals surface area contributed by atoms with Gasteiger partial charge in [-0.25, -0.2) is 4.68 Å². The van der Waals surface area contributed by atoms with Gasteiger partial charge in [-0.1, -0.05) is 59.3 Å². The molecule has 1 aromatic heterocycles. The fourth-order valence-electron chi connectivity index (χ4n) is 3.61. The number of fused-ring (bicyclic) bond motifs is 3. The normalized spacial score (nSPS) is 13.0. The molecule has 0 radical (unpaired) electrons. The van der Waals surface area contributed by atoms with Gasteiger partial charge in [0.1, 0.15) is 0 Å². The Labute approximate surface area is 162 Å². The molecular weight excluding hydrogens is 356 g/mol.